The number of carbonyl (C=O) groups excluding carboxylic acids is 1. The van der Waals surface area contributed by atoms with Crippen molar-refractivity contribution in [1.29, 1.82) is 0 Å². The van der Waals surface area contributed by atoms with Gasteiger partial charge in [0.25, 0.3) is 0 Å². The average Bonchev–Trinajstić information content (AvgIpc) is 2.70. The molecule has 0 aliphatic carbocycles. The summed E-state index contributed by atoms with van der Waals surface area (Å²) in [5.41, 5.74) is 0. The minimum atomic E-state index is -0.198. The summed E-state index contributed by atoms with van der Waals surface area (Å²) in [6.07, 6.45) is 4.62. The number of esters is 1. The molecule has 1 rings (SSSR count). The molecular weight excluding hydrogens is 194 g/mol. The van der Waals surface area contributed by atoms with Crippen molar-refractivity contribution in [3.8, 4) is 0 Å². The van der Waals surface area contributed by atoms with E-state index in [1.807, 2.05) is 16.9 Å². The highest BCUT2D eigenvalue weighted by Gasteiger charge is 1.99. The molecule has 0 radical (unpaired) electrons. The van der Waals surface area contributed by atoms with Crippen molar-refractivity contribution in [2.75, 3.05) is 19.7 Å². The Balaban J connectivity index is 1.95. The van der Waals surface area contributed by atoms with Gasteiger partial charge in [-0.15, -0.1) is 0 Å². The van der Waals surface area contributed by atoms with Crippen molar-refractivity contribution in [2.45, 2.75) is 19.9 Å². The van der Waals surface area contributed by atoms with Crippen LogP contribution in [0.15, 0.2) is 18.5 Å². The molecule has 0 saturated heterocycles. The first kappa shape index (κ1) is 11.7. The summed E-state index contributed by atoms with van der Waals surface area (Å²) < 4.78 is 6.64. The Morgan fingerprint density at radius 2 is 2.47 bits per heavy atom. The molecule has 0 fully saturated rings. The summed E-state index contributed by atoms with van der Waals surface area (Å²) in [5, 5.41) is 7.09. The zero-order valence-electron chi connectivity index (χ0n) is 8.98. The van der Waals surface area contributed by atoms with Crippen molar-refractivity contribution < 1.29 is 9.53 Å². The minimum Gasteiger partial charge on any atom is -0.465 e. The molecule has 1 aromatic heterocycles. The summed E-state index contributed by atoms with van der Waals surface area (Å²) in [5.74, 6) is -0.198. The third-order valence-corrected chi connectivity index (χ3v) is 1.87. The Morgan fingerprint density at radius 3 is 3.13 bits per heavy atom. The number of ether oxygens (including phenoxy) is 1. The molecule has 0 aliphatic rings. The molecular formula is C10H17N3O2. The maximum atomic E-state index is 10.9. The zero-order chi connectivity index (χ0) is 10.9. The number of aromatic nitrogens is 2. The van der Waals surface area contributed by atoms with Crippen LogP contribution in [0.3, 0.4) is 0 Å². The molecule has 0 unspecified atom stereocenters. The predicted molar refractivity (Wildman–Crippen MR) is 56.3 cm³/mol. The van der Waals surface area contributed by atoms with E-state index in [2.05, 4.69) is 10.4 Å². The Labute approximate surface area is 89.4 Å². The molecule has 0 bridgehead atoms. The Hall–Kier alpha value is -1.36. The molecule has 1 aromatic rings. The number of hydrogen-bond acceptors (Lipinski definition) is 4. The molecule has 1 N–H and O–H groups in total. The van der Waals surface area contributed by atoms with Gasteiger partial charge in [0.05, 0.1) is 13.2 Å². The van der Waals surface area contributed by atoms with E-state index in [1.54, 1.807) is 13.1 Å². The molecule has 0 atom stereocenters. The van der Waals surface area contributed by atoms with E-state index in [0.29, 0.717) is 6.61 Å². The van der Waals surface area contributed by atoms with Gasteiger partial charge in [-0.2, -0.15) is 5.10 Å². The fraction of sp³-hybridized carbons (Fsp3) is 0.600. The number of rotatable bonds is 7. The maximum absolute atomic E-state index is 10.9. The molecule has 0 aliphatic heterocycles. The first-order valence-electron chi connectivity index (χ1n) is 5.16. The van der Waals surface area contributed by atoms with Crippen molar-refractivity contribution in [1.82, 2.24) is 15.1 Å². The lowest BCUT2D eigenvalue weighted by Crippen LogP contribution is -2.26. The highest BCUT2D eigenvalue weighted by molar-refractivity contribution is 5.71. The summed E-state index contributed by atoms with van der Waals surface area (Å²) in [7, 11) is 0. The van der Waals surface area contributed by atoms with Gasteiger partial charge in [-0.05, 0) is 26.0 Å². The first-order valence-corrected chi connectivity index (χ1v) is 5.16. The first-order chi connectivity index (χ1) is 7.33. The highest BCUT2D eigenvalue weighted by atomic mass is 16.5. The van der Waals surface area contributed by atoms with Crippen LogP contribution in [0.4, 0.5) is 0 Å². The van der Waals surface area contributed by atoms with E-state index >= 15 is 0 Å². The third-order valence-electron chi connectivity index (χ3n) is 1.87. The largest absolute Gasteiger partial charge is 0.465 e. The summed E-state index contributed by atoms with van der Waals surface area (Å²) in [6, 6.07) is 1.89. The van der Waals surface area contributed by atoms with Gasteiger partial charge in [0.15, 0.2) is 0 Å². The molecule has 0 amide bonds. The minimum absolute atomic E-state index is 0.198. The molecule has 15 heavy (non-hydrogen) atoms. The lowest BCUT2D eigenvalue weighted by molar-refractivity contribution is -0.141. The second-order valence-electron chi connectivity index (χ2n) is 3.10. The van der Waals surface area contributed by atoms with Gasteiger partial charge in [0.1, 0.15) is 0 Å². The van der Waals surface area contributed by atoms with E-state index < -0.39 is 0 Å². The number of aryl methyl sites for hydroxylation is 1. The van der Waals surface area contributed by atoms with E-state index in [-0.39, 0.29) is 12.5 Å². The highest BCUT2D eigenvalue weighted by Crippen LogP contribution is 1.87. The van der Waals surface area contributed by atoms with Crippen LogP contribution >= 0.6 is 0 Å². The summed E-state index contributed by atoms with van der Waals surface area (Å²) >= 11 is 0. The average molecular weight is 211 g/mol. The molecule has 84 valence electrons. The van der Waals surface area contributed by atoms with Gasteiger partial charge in [-0.25, -0.2) is 0 Å². The third kappa shape index (κ3) is 5.17. The van der Waals surface area contributed by atoms with Gasteiger partial charge >= 0.3 is 5.97 Å². The van der Waals surface area contributed by atoms with Crippen molar-refractivity contribution in [3.05, 3.63) is 18.5 Å². The summed E-state index contributed by atoms with van der Waals surface area (Å²) in [6.45, 7) is 4.18. The van der Waals surface area contributed by atoms with Gasteiger partial charge in [0.2, 0.25) is 0 Å². The second kappa shape index (κ2) is 7.00. The Kier molecular flexibility index (Phi) is 5.47. The van der Waals surface area contributed by atoms with Crippen LogP contribution in [-0.2, 0) is 16.1 Å². The number of carbonyl (C=O) groups is 1. The van der Waals surface area contributed by atoms with Gasteiger partial charge in [-0.3, -0.25) is 9.48 Å². The zero-order valence-corrected chi connectivity index (χ0v) is 8.98. The summed E-state index contributed by atoms with van der Waals surface area (Å²) in [4.78, 5) is 10.9. The molecule has 5 heteroatoms. The van der Waals surface area contributed by atoms with E-state index in [0.717, 1.165) is 19.5 Å². The van der Waals surface area contributed by atoms with Crippen molar-refractivity contribution in [2.24, 2.45) is 0 Å². The fourth-order valence-electron chi connectivity index (χ4n) is 1.20. The predicted octanol–water partition coefficient (Wildman–Crippen LogP) is 0.426. The number of nitrogens with zero attached hydrogens (tertiary/aromatic N) is 2. The SMILES string of the molecule is CCOC(=O)CNCCCn1cccn1. The van der Waals surface area contributed by atoms with Crippen LogP contribution in [0.2, 0.25) is 0 Å². The molecule has 1 heterocycles. The number of hydrogen-bond donors (Lipinski definition) is 1. The maximum Gasteiger partial charge on any atom is 0.319 e. The smallest absolute Gasteiger partial charge is 0.319 e. The molecule has 0 spiro atoms. The normalized spacial score (nSPS) is 10.2. The standard InChI is InChI=1S/C10H17N3O2/c1-2-15-10(14)9-11-5-3-7-13-8-4-6-12-13/h4,6,8,11H,2-3,5,7,9H2,1H3. The van der Waals surface area contributed by atoms with Gasteiger partial charge < -0.3 is 10.1 Å². The van der Waals surface area contributed by atoms with Crippen LogP contribution in [0.1, 0.15) is 13.3 Å². The molecule has 0 saturated carbocycles. The Bertz CT molecular complexity index is 272. The lowest BCUT2D eigenvalue weighted by Gasteiger charge is -2.04. The molecule has 0 aromatic carbocycles. The fourth-order valence-corrected chi connectivity index (χ4v) is 1.20. The van der Waals surface area contributed by atoms with Crippen LogP contribution < -0.4 is 5.32 Å². The van der Waals surface area contributed by atoms with E-state index in [4.69, 9.17) is 4.74 Å². The van der Waals surface area contributed by atoms with E-state index in [9.17, 15) is 4.79 Å². The quantitative estimate of drug-likeness (QED) is 0.525. The lowest BCUT2D eigenvalue weighted by atomic mass is 10.4. The van der Waals surface area contributed by atoms with Crippen LogP contribution in [0.25, 0.3) is 0 Å². The van der Waals surface area contributed by atoms with E-state index in [1.165, 1.54) is 0 Å². The van der Waals surface area contributed by atoms with Crippen LogP contribution in [-0.4, -0.2) is 35.4 Å². The van der Waals surface area contributed by atoms with Crippen LogP contribution in [0, 0.1) is 0 Å². The monoisotopic (exact) mass is 211 g/mol. The number of nitrogens with one attached hydrogen (secondary N) is 1. The molecule has 5 nitrogen and oxygen atoms in total. The topological polar surface area (TPSA) is 56.1 Å². The van der Waals surface area contributed by atoms with Crippen molar-refractivity contribution in [3.63, 3.8) is 0 Å². The van der Waals surface area contributed by atoms with Crippen LogP contribution in [0.5, 0.6) is 0 Å². The van der Waals surface area contributed by atoms with Crippen molar-refractivity contribution >= 4 is 5.97 Å². The Morgan fingerprint density at radius 1 is 1.60 bits per heavy atom. The van der Waals surface area contributed by atoms with Gasteiger partial charge in [-0.1, -0.05) is 0 Å². The van der Waals surface area contributed by atoms with Gasteiger partial charge in [0, 0.05) is 18.9 Å². The second-order valence-corrected chi connectivity index (χ2v) is 3.10.